The Morgan fingerprint density at radius 3 is 2.75 bits per heavy atom. The summed E-state index contributed by atoms with van der Waals surface area (Å²) in [7, 11) is 0. The molecule has 1 amide bonds. The van der Waals surface area contributed by atoms with E-state index in [1.54, 1.807) is 6.20 Å². The third-order valence-electron chi connectivity index (χ3n) is 4.63. The van der Waals surface area contributed by atoms with Crippen LogP contribution in [-0.2, 0) is 11.4 Å². The zero-order chi connectivity index (χ0) is 20.3. The summed E-state index contributed by atoms with van der Waals surface area (Å²) in [5, 5.41) is 2.85. The third-order valence-corrected chi connectivity index (χ3v) is 4.63. The molecular formula is C22H29N3O3. The van der Waals surface area contributed by atoms with E-state index in [2.05, 4.69) is 24.1 Å². The van der Waals surface area contributed by atoms with Crippen LogP contribution in [0.2, 0.25) is 0 Å². The SMILES string of the molecule is CC(C)C[C@H](N)COc1ccc2c(c1)OCc1cnc(NC(=O)C(C)C)cc1-2. The summed E-state index contributed by atoms with van der Waals surface area (Å²) in [6.07, 6.45) is 2.68. The molecule has 3 rings (SSSR count). The minimum absolute atomic E-state index is 0.0101. The number of rotatable bonds is 7. The molecule has 2 heterocycles. The monoisotopic (exact) mass is 383 g/mol. The molecule has 1 aromatic heterocycles. The lowest BCUT2D eigenvalue weighted by molar-refractivity contribution is -0.118. The summed E-state index contributed by atoms with van der Waals surface area (Å²) >= 11 is 0. The van der Waals surface area contributed by atoms with E-state index in [4.69, 9.17) is 15.2 Å². The smallest absolute Gasteiger partial charge is 0.228 e. The number of hydrogen-bond acceptors (Lipinski definition) is 5. The maximum atomic E-state index is 12.0. The molecule has 0 saturated carbocycles. The van der Waals surface area contributed by atoms with Crippen molar-refractivity contribution in [2.75, 3.05) is 11.9 Å². The van der Waals surface area contributed by atoms with Gasteiger partial charge in [0, 0.05) is 35.3 Å². The van der Waals surface area contributed by atoms with Gasteiger partial charge in [-0.05, 0) is 36.1 Å². The molecule has 0 unspecified atom stereocenters. The molecule has 2 aromatic rings. The predicted molar refractivity (Wildman–Crippen MR) is 110 cm³/mol. The van der Waals surface area contributed by atoms with Gasteiger partial charge in [0.2, 0.25) is 5.91 Å². The van der Waals surface area contributed by atoms with Gasteiger partial charge in [-0.1, -0.05) is 27.7 Å². The van der Waals surface area contributed by atoms with Crippen LogP contribution >= 0.6 is 0 Å². The van der Waals surface area contributed by atoms with Crippen molar-refractivity contribution in [1.29, 1.82) is 0 Å². The van der Waals surface area contributed by atoms with E-state index >= 15 is 0 Å². The lowest BCUT2D eigenvalue weighted by Gasteiger charge is -2.22. The fourth-order valence-electron chi connectivity index (χ4n) is 3.16. The number of ether oxygens (including phenoxy) is 2. The standard InChI is InChI=1S/C22H29N3O3/c1-13(2)7-16(23)12-27-17-5-6-18-19-9-21(25-22(26)14(3)4)24-10-15(19)11-28-20(18)8-17/h5-6,8-10,13-14,16H,7,11-12,23H2,1-4H3,(H,24,25,26)/t16-/m0/s1. The molecule has 0 bridgehead atoms. The van der Waals surface area contributed by atoms with Gasteiger partial charge >= 0.3 is 0 Å². The van der Waals surface area contributed by atoms with Crippen LogP contribution < -0.4 is 20.5 Å². The quantitative estimate of drug-likeness (QED) is 0.755. The number of fused-ring (bicyclic) bond motifs is 3. The Morgan fingerprint density at radius 1 is 1.25 bits per heavy atom. The van der Waals surface area contributed by atoms with Gasteiger partial charge < -0.3 is 20.5 Å². The highest BCUT2D eigenvalue weighted by Gasteiger charge is 2.20. The Labute approximate surface area is 166 Å². The molecule has 6 nitrogen and oxygen atoms in total. The Balaban J connectivity index is 1.77. The number of hydrogen-bond donors (Lipinski definition) is 2. The second-order valence-corrected chi connectivity index (χ2v) is 8.02. The molecule has 6 heteroatoms. The van der Waals surface area contributed by atoms with Crippen molar-refractivity contribution < 1.29 is 14.3 Å². The van der Waals surface area contributed by atoms with E-state index in [9.17, 15) is 4.79 Å². The minimum Gasteiger partial charge on any atom is -0.492 e. The number of benzene rings is 1. The number of carbonyl (C=O) groups is 1. The molecule has 3 N–H and O–H groups in total. The molecule has 0 radical (unpaired) electrons. The average molecular weight is 383 g/mol. The van der Waals surface area contributed by atoms with Crippen molar-refractivity contribution in [2.45, 2.75) is 46.8 Å². The van der Waals surface area contributed by atoms with E-state index in [1.165, 1.54) is 0 Å². The summed E-state index contributed by atoms with van der Waals surface area (Å²) in [4.78, 5) is 16.3. The van der Waals surface area contributed by atoms with E-state index < -0.39 is 0 Å². The number of pyridine rings is 1. The summed E-state index contributed by atoms with van der Waals surface area (Å²) in [5.41, 5.74) is 9.06. The Morgan fingerprint density at radius 2 is 2.04 bits per heavy atom. The van der Waals surface area contributed by atoms with Crippen LogP contribution in [0.1, 0.15) is 39.7 Å². The Bertz CT molecular complexity index is 849. The largest absolute Gasteiger partial charge is 0.492 e. The van der Waals surface area contributed by atoms with Crippen LogP contribution in [0.5, 0.6) is 11.5 Å². The van der Waals surface area contributed by atoms with Crippen molar-refractivity contribution >= 4 is 11.7 Å². The normalized spacial score (nSPS) is 13.5. The minimum atomic E-state index is -0.102. The Hall–Kier alpha value is -2.60. The summed E-state index contributed by atoms with van der Waals surface area (Å²) in [5.74, 6) is 2.43. The topological polar surface area (TPSA) is 86.5 Å². The van der Waals surface area contributed by atoms with Gasteiger partial charge in [0.1, 0.15) is 30.5 Å². The van der Waals surface area contributed by atoms with E-state index in [0.717, 1.165) is 34.6 Å². The van der Waals surface area contributed by atoms with Crippen LogP contribution in [0.3, 0.4) is 0 Å². The molecule has 1 aliphatic heterocycles. The number of nitrogens with two attached hydrogens (primary N) is 1. The third kappa shape index (κ3) is 4.81. The molecule has 1 aromatic carbocycles. The van der Waals surface area contributed by atoms with Crippen LogP contribution in [0.15, 0.2) is 30.5 Å². The number of carbonyl (C=O) groups excluding carboxylic acids is 1. The molecular weight excluding hydrogens is 354 g/mol. The second kappa shape index (κ2) is 8.61. The fourth-order valence-corrected chi connectivity index (χ4v) is 3.16. The molecule has 0 saturated heterocycles. The van der Waals surface area contributed by atoms with Crippen LogP contribution in [0, 0.1) is 11.8 Å². The molecule has 1 aliphatic rings. The van der Waals surface area contributed by atoms with Gasteiger partial charge in [-0.25, -0.2) is 4.98 Å². The number of aromatic nitrogens is 1. The Kier molecular flexibility index (Phi) is 6.19. The lowest BCUT2D eigenvalue weighted by atomic mass is 9.98. The van der Waals surface area contributed by atoms with Crippen molar-refractivity contribution in [1.82, 2.24) is 4.98 Å². The maximum absolute atomic E-state index is 12.0. The molecule has 150 valence electrons. The van der Waals surface area contributed by atoms with Gasteiger partial charge in [0.05, 0.1) is 0 Å². The zero-order valence-electron chi connectivity index (χ0n) is 17.0. The highest BCUT2D eigenvalue weighted by Crippen LogP contribution is 2.40. The molecule has 1 atom stereocenters. The summed E-state index contributed by atoms with van der Waals surface area (Å²) < 4.78 is 11.7. The van der Waals surface area contributed by atoms with Gasteiger partial charge in [0.15, 0.2) is 0 Å². The van der Waals surface area contributed by atoms with Crippen LogP contribution in [0.25, 0.3) is 11.1 Å². The maximum Gasteiger partial charge on any atom is 0.228 e. The first kappa shape index (κ1) is 20.1. The van der Waals surface area contributed by atoms with Crippen molar-refractivity contribution in [3.05, 3.63) is 36.0 Å². The first-order valence-electron chi connectivity index (χ1n) is 9.79. The highest BCUT2D eigenvalue weighted by molar-refractivity contribution is 5.92. The molecule has 28 heavy (non-hydrogen) atoms. The lowest BCUT2D eigenvalue weighted by Crippen LogP contribution is -2.29. The van der Waals surface area contributed by atoms with E-state index in [1.807, 2.05) is 38.1 Å². The van der Waals surface area contributed by atoms with Gasteiger partial charge in [-0.3, -0.25) is 4.79 Å². The predicted octanol–water partition coefficient (Wildman–Crippen LogP) is 3.99. The van der Waals surface area contributed by atoms with Gasteiger partial charge in [-0.15, -0.1) is 0 Å². The number of anilines is 1. The van der Waals surface area contributed by atoms with E-state index in [-0.39, 0.29) is 17.9 Å². The van der Waals surface area contributed by atoms with Crippen molar-refractivity contribution in [3.8, 4) is 22.6 Å². The second-order valence-electron chi connectivity index (χ2n) is 8.02. The first-order chi connectivity index (χ1) is 13.3. The average Bonchev–Trinajstić information content (AvgIpc) is 2.65. The number of amides is 1. The molecule has 0 aliphatic carbocycles. The summed E-state index contributed by atoms with van der Waals surface area (Å²) in [6.45, 7) is 8.91. The van der Waals surface area contributed by atoms with Crippen molar-refractivity contribution in [3.63, 3.8) is 0 Å². The highest BCUT2D eigenvalue weighted by atomic mass is 16.5. The fraction of sp³-hybridized carbons (Fsp3) is 0.455. The molecule has 0 spiro atoms. The van der Waals surface area contributed by atoms with E-state index in [0.29, 0.717) is 24.9 Å². The zero-order valence-corrected chi connectivity index (χ0v) is 17.0. The van der Waals surface area contributed by atoms with Gasteiger partial charge in [0.25, 0.3) is 0 Å². The molecule has 0 fully saturated rings. The first-order valence-corrected chi connectivity index (χ1v) is 9.79. The van der Waals surface area contributed by atoms with Crippen LogP contribution in [-0.4, -0.2) is 23.5 Å². The van der Waals surface area contributed by atoms with Crippen molar-refractivity contribution in [2.24, 2.45) is 17.6 Å². The number of nitrogens with zero attached hydrogens (tertiary/aromatic N) is 1. The van der Waals surface area contributed by atoms with Gasteiger partial charge in [-0.2, -0.15) is 0 Å². The number of nitrogens with one attached hydrogen (secondary N) is 1. The summed E-state index contributed by atoms with van der Waals surface area (Å²) in [6, 6.07) is 7.70. The van der Waals surface area contributed by atoms with Crippen LogP contribution in [0.4, 0.5) is 5.82 Å².